The molecule has 1 unspecified atom stereocenters. The summed E-state index contributed by atoms with van der Waals surface area (Å²) in [5, 5.41) is 0.404. The average molecular weight is 290 g/mol. The van der Waals surface area contributed by atoms with E-state index < -0.39 is 0 Å². The highest BCUT2D eigenvalue weighted by Crippen LogP contribution is 2.51. The quantitative estimate of drug-likeness (QED) is 0.878. The molecule has 1 nitrogen and oxygen atoms in total. The van der Waals surface area contributed by atoms with Gasteiger partial charge in [0.05, 0.1) is 0 Å². The van der Waals surface area contributed by atoms with Crippen LogP contribution < -0.4 is 5.73 Å². The van der Waals surface area contributed by atoms with E-state index in [1.54, 1.807) is 12.1 Å². The fourth-order valence-electron chi connectivity index (χ4n) is 3.16. The third kappa shape index (κ3) is 2.13. The first-order valence-corrected chi connectivity index (χ1v) is 7.27. The Morgan fingerprint density at radius 3 is 2.35 bits per heavy atom. The molecule has 1 aliphatic carbocycles. The largest absolute Gasteiger partial charge is 0.323 e. The Kier molecular flexibility index (Phi) is 3.53. The van der Waals surface area contributed by atoms with Crippen LogP contribution in [0.5, 0.6) is 0 Å². The van der Waals surface area contributed by atoms with Crippen molar-refractivity contribution in [3.63, 3.8) is 0 Å². The lowest BCUT2D eigenvalue weighted by Gasteiger charge is -2.47. The number of rotatable bonds is 3. The zero-order valence-electron chi connectivity index (χ0n) is 11.2. The Hall–Kier alpha value is -1.38. The van der Waals surface area contributed by atoms with Crippen molar-refractivity contribution < 1.29 is 4.39 Å². The van der Waals surface area contributed by atoms with Crippen LogP contribution in [0.25, 0.3) is 0 Å². The van der Waals surface area contributed by atoms with Crippen molar-refractivity contribution in [3.05, 3.63) is 70.5 Å². The van der Waals surface area contributed by atoms with Gasteiger partial charge in [0.25, 0.3) is 0 Å². The number of hydrogen-bond acceptors (Lipinski definition) is 1. The monoisotopic (exact) mass is 289 g/mol. The molecule has 0 amide bonds. The van der Waals surface area contributed by atoms with Gasteiger partial charge in [-0.3, -0.25) is 0 Å². The van der Waals surface area contributed by atoms with Crippen molar-refractivity contribution in [1.82, 2.24) is 0 Å². The van der Waals surface area contributed by atoms with E-state index in [1.807, 2.05) is 18.2 Å². The minimum Gasteiger partial charge on any atom is -0.323 e. The molecule has 1 aliphatic rings. The Labute approximate surface area is 123 Å². The molecule has 20 heavy (non-hydrogen) atoms. The van der Waals surface area contributed by atoms with Crippen LogP contribution in [0, 0.1) is 5.82 Å². The topological polar surface area (TPSA) is 26.0 Å². The van der Waals surface area contributed by atoms with Gasteiger partial charge in [0.2, 0.25) is 0 Å². The first kappa shape index (κ1) is 13.6. The summed E-state index contributed by atoms with van der Waals surface area (Å²) in [7, 11) is 0. The van der Waals surface area contributed by atoms with Crippen molar-refractivity contribution in [2.45, 2.75) is 30.7 Å². The van der Waals surface area contributed by atoms with Gasteiger partial charge in [-0.15, -0.1) is 0 Å². The normalized spacial score (nSPS) is 18.4. The molecule has 1 atom stereocenters. The number of nitrogens with two attached hydrogens (primary N) is 1. The smallest absolute Gasteiger partial charge is 0.129 e. The van der Waals surface area contributed by atoms with Gasteiger partial charge >= 0.3 is 0 Å². The SMILES string of the molecule is NC(c1ccc(Cl)cc1F)C1(c2ccccc2)CCC1. The van der Waals surface area contributed by atoms with E-state index in [9.17, 15) is 4.39 Å². The van der Waals surface area contributed by atoms with Gasteiger partial charge in [-0.2, -0.15) is 0 Å². The Morgan fingerprint density at radius 1 is 1.10 bits per heavy atom. The van der Waals surface area contributed by atoms with Crippen LogP contribution in [0.1, 0.15) is 36.4 Å². The van der Waals surface area contributed by atoms with Crippen LogP contribution in [-0.2, 0) is 5.41 Å². The first-order chi connectivity index (χ1) is 9.63. The molecule has 0 saturated heterocycles. The molecule has 3 rings (SSSR count). The Bertz CT molecular complexity index is 608. The van der Waals surface area contributed by atoms with Crippen molar-refractivity contribution >= 4 is 11.6 Å². The highest BCUT2D eigenvalue weighted by Gasteiger charge is 2.45. The van der Waals surface area contributed by atoms with Crippen molar-refractivity contribution in [2.24, 2.45) is 5.73 Å². The van der Waals surface area contributed by atoms with Gasteiger partial charge < -0.3 is 5.73 Å². The lowest BCUT2D eigenvalue weighted by Crippen LogP contribution is -2.44. The van der Waals surface area contributed by atoms with Crippen LogP contribution >= 0.6 is 11.6 Å². The summed E-state index contributed by atoms with van der Waals surface area (Å²) >= 11 is 5.82. The minimum absolute atomic E-state index is 0.143. The zero-order valence-corrected chi connectivity index (χ0v) is 11.9. The maximum atomic E-state index is 14.1. The van der Waals surface area contributed by atoms with Crippen LogP contribution in [0.2, 0.25) is 5.02 Å². The third-order valence-corrected chi connectivity index (χ3v) is 4.72. The van der Waals surface area contributed by atoms with Gasteiger partial charge in [0, 0.05) is 22.0 Å². The molecular formula is C17H17ClFN. The van der Waals surface area contributed by atoms with Crippen molar-refractivity contribution in [1.29, 1.82) is 0 Å². The fraction of sp³-hybridized carbons (Fsp3) is 0.294. The maximum absolute atomic E-state index is 14.1. The van der Waals surface area contributed by atoms with Gasteiger partial charge in [-0.1, -0.05) is 54.4 Å². The maximum Gasteiger partial charge on any atom is 0.129 e. The molecule has 104 valence electrons. The number of benzene rings is 2. The molecule has 3 heteroatoms. The molecule has 0 spiro atoms. The van der Waals surface area contributed by atoms with E-state index in [2.05, 4.69) is 12.1 Å². The summed E-state index contributed by atoms with van der Waals surface area (Å²) in [6, 6.07) is 14.6. The van der Waals surface area contributed by atoms with Crippen LogP contribution in [0.4, 0.5) is 4.39 Å². The average Bonchev–Trinajstić information content (AvgIpc) is 2.38. The molecule has 2 aromatic rings. The lowest BCUT2D eigenvalue weighted by atomic mass is 9.59. The summed E-state index contributed by atoms with van der Waals surface area (Å²) in [5.41, 5.74) is 8.05. The highest BCUT2D eigenvalue weighted by atomic mass is 35.5. The second-order valence-corrected chi connectivity index (χ2v) is 5.96. The predicted octanol–water partition coefficient (Wildman–Crippen LogP) is 4.60. The lowest BCUT2D eigenvalue weighted by molar-refractivity contribution is 0.193. The predicted molar refractivity (Wildman–Crippen MR) is 80.3 cm³/mol. The molecule has 0 bridgehead atoms. The zero-order chi connectivity index (χ0) is 14.2. The molecule has 0 radical (unpaired) electrons. The minimum atomic E-state index is -0.337. The van der Waals surface area contributed by atoms with E-state index in [1.165, 1.54) is 11.6 Å². The van der Waals surface area contributed by atoms with E-state index in [-0.39, 0.29) is 17.3 Å². The molecule has 2 N–H and O–H groups in total. The molecule has 1 fully saturated rings. The summed E-state index contributed by atoms with van der Waals surface area (Å²) in [4.78, 5) is 0. The standard InChI is InChI=1S/C17H17ClFN/c18-13-7-8-14(15(19)11-13)16(20)17(9-4-10-17)12-5-2-1-3-6-12/h1-3,5-8,11,16H,4,9-10,20H2. The van der Waals surface area contributed by atoms with Gasteiger partial charge in [-0.25, -0.2) is 4.39 Å². The molecule has 2 aromatic carbocycles. The Balaban J connectivity index is 2.01. The van der Waals surface area contributed by atoms with Crippen molar-refractivity contribution in [3.8, 4) is 0 Å². The van der Waals surface area contributed by atoms with E-state index in [0.717, 1.165) is 19.3 Å². The summed E-state index contributed by atoms with van der Waals surface area (Å²) in [5.74, 6) is -0.313. The van der Waals surface area contributed by atoms with Crippen LogP contribution in [0.15, 0.2) is 48.5 Å². The second kappa shape index (κ2) is 5.19. The third-order valence-electron chi connectivity index (χ3n) is 4.49. The van der Waals surface area contributed by atoms with E-state index in [0.29, 0.717) is 10.6 Å². The van der Waals surface area contributed by atoms with Crippen LogP contribution in [-0.4, -0.2) is 0 Å². The van der Waals surface area contributed by atoms with Gasteiger partial charge in [0.15, 0.2) is 0 Å². The fourth-order valence-corrected chi connectivity index (χ4v) is 3.32. The molecule has 0 aromatic heterocycles. The van der Waals surface area contributed by atoms with Gasteiger partial charge in [0.1, 0.15) is 5.82 Å². The summed E-state index contributed by atoms with van der Waals surface area (Å²) in [6.45, 7) is 0. The molecule has 1 saturated carbocycles. The second-order valence-electron chi connectivity index (χ2n) is 5.52. The van der Waals surface area contributed by atoms with Crippen LogP contribution in [0.3, 0.4) is 0 Å². The highest BCUT2D eigenvalue weighted by molar-refractivity contribution is 6.30. The number of halogens is 2. The first-order valence-electron chi connectivity index (χ1n) is 6.89. The van der Waals surface area contributed by atoms with Crippen molar-refractivity contribution in [2.75, 3.05) is 0 Å². The number of hydrogen-bond donors (Lipinski definition) is 1. The summed E-state index contributed by atoms with van der Waals surface area (Å²) < 4.78 is 14.1. The summed E-state index contributed by atoms with van der Waals surface area (Å²) in [6.07, 6.45) is 3.14. The van der Waals surface area contributed by atoms with Gasteiger partial charge in [-0.05, 0) is 30.5 Å². The van der Waals surface area contributed by atoms with E-state index in [4.69, 9.17) is 17.3 Å². The molecule has 0 aliphatic heterocycles. The Morgan fingerprint density at radius 2 is 1.80 bits per heavy atom. The van der Waals surface area contributed by atoms with E-state index >= 15 is 0 Å². The molecule has 0 heterocycles. The molecular weight excluding hydrogens is 273 g/mol.